The molecule has 0 aliphatic carbocycles. The average molecular weight is 230 g/mol. The number of aryl methyl sites for hydroxylation is 1. The molecular weight excluding hydrogens is 212 g/mol. The molecule has 1 N–H and O–H groups in total. The molecule has 2 aromatic heterocycles. The highest BCUT2D eigenvalue weighted by molar-refractivity contribution is 5.74. The van der Waals surface area contributed by atoms with Gasteiger partial charge in [-0.1, -0.05) is 12.8 Å². The van der Waals surface area contributed by atoms with Crippen molar-refractivity contribution in [1.82, 2.24) is 19.9 Å². The molecule has 0 bridgehead atoms. The van der Waals surface area contributed by atoms with Gasteiger partial charge in [-0.25, -0.2) is 4.98 Å². The van der Waals surface area contributed by atoms with E-state index in [2.05, 4.69) is 21.9 Å². The molecule has 3 heterocycles. The first-order valence-electron chi connectivity index (χ1n) is 6.36. The molecule has 1 unspecified atom stereocenters. The predicted octanol–water partition coefficient (Wildman–Crippen LogP) is 2.17. The molecule has 1 fully saturated rings. The van der Waals surface area contributed by atoms with E-state index in [0.717, 1.165) is 17.9 Å². The van der Waals surface area contributed by atoms with Crippen molar-refractivity contribution in [2.45, 2.75) is 31.7 Å². The highest BCUT2D eigenvalue weighted by Gasteiger charge is 2.19. The fraction of sp³-hybridized carbons (Fsp3) is 0.538. The molecule has 0 spiro atoms. The molecule has 90 valence electrons. The van der Waals surface area contributed by atoms with Gasteiger partial charge < -0.3 is 9.88 Å². The van der Waals surface area contributed by atoms with Crippen molar-refractivity contribution in [1.29, 1.82) is 0 Å². The van der Waals surface area contributed by atoms with Crippen LogP contribution in [0.15, 0.2) is 18.5 Å². The minimum absolute atomic E-state index is 0.398. The quantitative estimate of drug-likeness (QED) is 0.816. The van der Waals surface area contributed by atoms with Crippen LogP contribution in [0.4, 0.5) is 0 Å². The van der Waals surface area contributed by atoms with Gasteiger partial charge in [0.2, 0.25) is 0 Å². The second-order valence-electron chi connectivity index (χ2n) is 4.75. The van der Waals surface area contributed by atoms with E-state index in [1.165, 1.54) is 31.2 Å². The third-order valence-corrected chi connectivity index (χ3v) is 3.59. The van der Waals surface area contributed by atoms with E-state index < -0.39 is 0 Å². The van der Waals surface area contributed by atoms with Crippen LogP contribution in [0, 0.1) is 0 Å². The third-order valence-electron chi connectivity index (χ3n) is 3.59. The smallest absolute Gasteiger partial charge is 0.126 e. The Hall–Kier alpha value is -1.42. The van der Waals surface area contributed by atoms with E-state index in [1.54, 1.807) is 0 Å². The third kappa shape index (κ3) is 1.93. The van der Waals surface area contributed by atoms with Crippen LogP contribution in [-0.2, 0) is 7.05 Å². The van der Waals surface area contributed by atoms with Gasteiger partial charge in [0.1, 0.15) is 11.3 Å². The summed E-state index contributed by atoms with van der Waals surface area (Å²) in [6.07, 6.45) is 8.75. The van der Waals surface area contributed by atoms with Crippen LogP contribution in [0.2, 0.25) is 0 Å². The van der Waals surface area contributed by atoms with Gasteiger partial charge >= 0.3 is 0 Å². The van der Waals surface area contributed by atoms with Crippen molar-refractivity contribution in [3.05, 3.63) is 24.3 Å². The normalized spacial score (nSPS) is 21.6. The monoisotopic (exact) mass is 230 g/mol. The molecule has 0 amide bonds. The largest absolute Gasteiger partial charge is 0.330 e. The maximum Gasteiger partial charge on any atom is 0.126 e. The summed E-state index contributed by atoms with van der Waals surface area (Å²) >= 11 is 0. The topological polar surface area (TPSA) is 42.7 Å². The van der Waals surface area contributed by atoms with Crippen LogP contribution in [0.25, 0.3) is 11.0 Å². The second kappa shape index (κ2) is 4.45. The molecule has 0 radical (unpaired) electrons. The number of hydrogen-bond acceptors (Lipinski definition) is 3. The number of rotatable bonds is 1. The van der Waals surface area contributed by atoms with Crippen LogP contribution in [-0.4, -0.2) is 21.1 Å². The van der Waals surface area contributed by atoms with Crippen LogP contribution < -0.4 is 5.32 Å². The Balaban J connectivity index is 2.01. The minimum Gasteiger partial charge on any atom is -0.330 e. The number of fused-ring (bicyclic) bond motifs is 1. The van der Waals surface area contributed by atoms with Gasteiger partial charge in [0.05, 0.1) is 17.8 Å². The van der Waals surface area contributed by atoms with Gasteiger partial charge in [0.25, 0.3) is 0 Å². The molecule has 0 saturated carbocycles. The zero-order valence-electron chi connectivity index (χ0n) is 10.2. The van der Waals surface area contributed by atoms with Crippen molar-refractivity contribution in [3.63, 3.8) is 0 Å². The Morgan fingerprint density at radius 2 is 2.29 bits per heavy atom. The summed E-state index contributed by atoms with van der Waals surface area (Å²) in [5.41, 5.74) is 2.16. The SMILES string of the molecule is Cn1c(C2CCCCCN2)nc2cnccc21. The zero-order valence-corrected chi connectivity index (χ0v) is 10.2. The van der Waals surface area contributed by atoms with Crippen molar-refractivity contribution in [2.75, 3.05) is 6.54 Å². The fourth-order valence-corrected chi connectivity index (χ4v) is 2.63. The number of aromatic nitrogens is 3. The average Bonchev–Trinajstić information content (AvgIpc) is 2.57. The number of imidazole rings is 1. The summed E-state index contributed by atoms with van der Waals surface area (Å²) in [6, 6.07) is 2.43. The van der Waals surface area contributed by atoms with Gasteiger partial charge in [-0.2, -0.15) is 0 Å². The zero-order chi connectivity index (χ0) is 11.7. The standard InChI is InChI=1S/C13H18N4/c1-17-12-6-8-14-9-11(12)16-13(17)10-5-3-2-4-7-15-10/h6,8-10,15H,2-5,7H2,1H3. The number of hydrogen-bond donors (Lipinski definition) is 1. The fourth-order valence-electron chi connectivity index (χ4n) is 2.63. The Morgan fingerprint density at radius 3 is 3.18 bits per heavy atom. The van der Waals surface area contributed by atoms with Crippen molar-refractivity contribution in [3.8, 4) is 0 Å². The Labute approximate surface area is 101 Å². The van der Waals surface area contributed by atoms with Gasteiger partial charge in [0.15, 0.2) is 0 Å². The van der Waals surface area contributed by atoms with Crippen molar-refractivity contribution >= 4 is 11.0 Å². The Kier molecular flexibility index (Phi) is 2.81. The highest BCUT2D eigenvalue weighted by atomic mass is 15.1. The van der Waals surface area contributed by atoms with Crippen LogP contribution in [0.5, 0.6) is 0 Å². The number of nitrogens with zero attached hydrogens (tertiary/aromatic N) is 3. The van der Waals surface area contributed by atoms with Gasteiger partial charge in [-0.05, 0) is 25.5 Å². The molecule has 3 rings (SSSR count). The molecular formula is C13H18N4. The highest BCUT2D eigenvalue weighted by Crippen LogP contribution is 2.24. The van der Waals surface area contributed by atoms with E-state index >= 15 is 0 Å². The molecule has 1 aliphatic heterocycles. The summed E-state index contributed by atoms with van der Waals surface area (Å²) in [6.45, 7) is 1.10. The summed E-state index contributed by atoms with van der Waals surface area (Å²) in [7, 11) is 2.09. The van der Waals surface area contributed by atoms with E-state index in [9.17, 15) is 0 Å². The maximum absolute atomic E-state index is 4.72. The van der Waals surface area contributed by atoms with Gasteiger partial charge in [0, 0.05) is 13.2 Å². The van der Waals surface area contributed by atoms with Gasteiger partial charge in [-0.3, -0.25) is 4.98 Å². The first kappa shape index (κ1) is 10.7. The Bertz CT molecular complexity index is 509. The lowest BCUT2D eigenvalue weighted by atomic mass is 10.1. The Morgan fingerprint density at radius 1 is 1.35 bits per heavy atom. The summed E-state index contributed by atoms with van der Waals surface area (Å²) in [5.74, 6) is 1.15. The van der Waals surface area contributed by atoms with Crippen molar-refractivity contribution < 1.29 is 0 Å². The molecule has 17 heavy (non-hydrogen) atoms. The van der Waals surface area contributed by atoms with E-state index in [1.807, 2.05) is 18.5 Å². The number of pyridine rings is 1. The van der Waals surface area contributed by atoms with Crippen LogP contribution in [0.3, 0.4) is 0 Å². The molecule has 1 saturated heterocycles. The van der Waals surface area contributed by atoms with E-state index in [-0.39, 0.29) is 0 Å². The van der Waals surface area contributed by atoms with E-state index in [0.29, 0.717) is 6.04 Å². The summed E-state index contributed by atoms with van der Waals surface area (Å²) in [5, 5.41) is 3.60. The van der Waals surface area contributed by atoms with Crippen molar-refractivity contribution in [2.24, 2.45) is 7.05 Å². The first-order chi connectivity index (χ1) is 8.36. The van der Waals surface area contributed by atoms with Crippen LogP contribution >= 0.6 is 0 Å². The number of nitrogens with one attached hydrogen (secondary N) is 1. The lowest BCUT2D eigenvalue weighted by Gasteiger charge is -2.15. The molecule has 4 nitrogen and oxygen atoms in total. The lowest BCUT2D eigenvalue weighted by Crippen LogP contribution is -2.23. The molecule has 0 aromatic carbocycles. The summed E-state index contributed by atoms with van der Waals surface area (Å²) < 4.78 is 2.19. The molecule has 1 aliphatic rings. The summed E-state index contributed by atoms with van der Waals surface area (Å²) in [4.78, 5) is 8.85. The molecule has 4 heteroatoms. The predicted molar refractivity (Wildman–Crippen MR) is 67.7 cm³/mol. The lowest BCUT2D eigenvalue weighted by molar-refractivity contribution is 0.496. The second-order valence-corrected chi connectivity index (χ2v) is 4.75. The molecule has 1 atom stereocenters. The maximum atomic E-state index is 4.72. The first-order valence-corrected chi connectivity index (χ1v) is 6.36. The minimum atomic E-state index is 0.398. The van der Waals surface area contributed by atoms with E-state index in [4.69, 9.17) is 4.98 Å². The van der Waals surface area contributed by atoms with Crippen LogP contribution in [0.1, 0.15) is 37.5 Å². The van der Waals surface area contributed by atoms with Gasteiger partial charge in [-0.15, -0.1) is 0 Å². The molecule has 2 aromatic rings.